The van der Waals surface area contributed by atoms with E-state index >= 15 is 0 Å². The van der Waals surface area contributed by atoms with Gasteiger partial charge in [0.25, 0.3) is 0 Å². The number of ether oxygens (including phenoxy) is 2. The van der Waals surface area contributed by atoms with Crippen LogP contribution < -0.4 is 0 Å². The fourth-order valence-electron chi connectivity index (χ4n) is 7.01. The van der Waals surface area contributed by atoms with Crippen molar-refractivity contribution in [2.45, 2.75) is 75.8 Å². The van der Waals surface area contributed by atoms with Gasteiger partial charge in [-0.05, 0) is 25.3 Å². The van der Waals surface area contributed by atoms with E-state index in [2.05, 4.69) is 6.92 Å². The number of hydrogen-bond acceptors (Lipinski definition) is 7. The molecule has 4 heterocycles. The topological polar surface area (TPSA) is 117 Å². The van der Waals surface area contributed by atoms with Crippen molar-refractivity contribution in [1.29, 1.82) is 0 Å². The first-order valence-corrected chi connectivity index (χ1v) is 15.5. The predicted octanol–water partition coefficient (Wildman–Crippen LogP) is 2.63. The number of likely N-dealkylation sites (tertiary alicyclic amines) is 1. The maximum absolute atomic E-state index is 14.3. The van der Waals surface area contributed by atoms with Gasteiger partial charge in [0.1, 0.15) is 23.7 Å². The van der Waals surface area contributed by atoms with E-state index in [0.717, 1.165) is 24.8 Å². The molecule has 0 unspecified atom stereocenters. The molecule has 1 aromatic rings. The third-order valence-electron chi connectivity index (χ3n) is 9.40. The fraction of sp³-hybridized carbons (Fsp3) is 0.576. The van der Waals surface area contributed by atoms with Crippen LogP contribution in [0.5, 0.6) is 0 Å². The number of hydrogen-bond donors (Lipinski definition) is 1. The molecule has 2 saturated heterocycles. The monoisotopic (exact) mass is 593 g/mol. The van der Waals surface area contributed by atoms with Gasteiger partial charge in [-0.15, -0.1) is 0 Å². The van der Waals surface area contributed by atoms with Crippen LogP contribution in [0.3, 0.4) is 0 Å². The van der Waals surface area contributed by atoms with Crippen LogP contribution in [0, 0.1) is 11.8 Å². The highest BCUT2D eigenvalue weighted by Crippen LogP contribution is 2.55. The van der Waals surface area contributed by atoms with Crippen LogP contribution >= 0.6 is 0 Å². The van der Waals surface area contributed by atoms with E-state index in [4.69, 9.17) is 9.47 Å². The summed E-state index contributed by atoms with van der Waals surface area (Å²) in [5.74, 6) is -3.32. The van der Waals surface area contributed by atoms with Crippen LogP contribution in [0.25, 0.3) is 0 Å². The first kappa shape index (κ1) is 30.9. The summed E-state index contributed by atoms with van der Waals surface area (Å²) in [5, 5.41) is 9.91. The molecule has 0 radical (unpaired) electrons. The number of unbranched alkanes of at least 4 members (excludes halogenated alkanes) is 2. The number of aliphatic hydroxyl groups excluding tert-OH is 1. The van der Waals surface area contributed by atoms with E-state index in [1.165, 1.54) is 4.90 Å². The highest BCUT2D eigenvalue weighted by atomic mass is 16.6. The number of rotatable bonds is 7. The Morgan fingerprint density at radius 2 is 1.79 bits per heavy atom. The second kappa shape index (κ2) is 13.0. The van der Waals surface area contributed by atoms with Crippen molar-refractivity contribution < 1.29 is 33.8 Å². The average Bonchev–Trinajstić information content (AvgIpc) is 3.65. The number of carbonyl (C=O) groups is 4. The van der Waals surface area contributed by atoms with Gasteiger partial charge in [0.2, 0.25) is 17.7 Å². The molecule has 232 valence electrons. The Balaban J connectivity index is 1.56. The second-order valence-electron chi connectivity index (χ2n) is 12.0. The summed E-state index contributed by atoms with van der Waals surface area (Å²) in [4.78, 5) is 60.4. The van der Waals surface area contributed by atoms with Crippen LogP contribution in [-0.4, -0.2) is 101 Å². The van der Waals surface area contributed by atoms with E-state index < -0.39 is 53.6 Å². The number of benzene rings is 1. The molecule has 5 bridgehead atoms. The minimum atomic E-state index is -1.33. The van der Waals surface area contributed by atoms with Crippen LogP contribution in [0.4, 0.5) is 0 Å². The maximum atomic E-state index is 14.3. The standard InChI is InChI=1S/C33H43N3O7/c1-4-5-11-18-35-19-12-7-10-15-25(38)34(3)22(2)28(23-13-8-6-9-14-23)42-32(41)26-24-16-17-33(43-24)27(26)30(39)36(20-21-37)29(33)31(35)40/h6-9,12-14,16-17,22,24,26-29,37H,4-5,10-11,15,18-21H2,1-3H3/b12-7-/t22-,24+,26-,27-,28+,29+,33-/m1/s1. The van der Waals surface area contributed by atoms with Gasteiger partial charge in [-0.2, -0.15) is 0 Å². The first-order chi connectivity index (χ1) is 20.7. The minimum Gasteiger partial charge on any atom is -0.455 e. The van der Waals surface area contributed by atoms with Gasteiger partial charge in [0, 0.05) is 33.1 Å². The third-order valence-corrected chi connectivity index (χ3v) is 9.40. The van der Waals surface area contributed by atoms with Crippen molar-refractivity contribution in [1.82, 2.24) is 14.7 Å². The summed E-state index contributed by atoms with van der Waals surface area (Å²) >= 11 is 0. The summed E-state index contributed by atoms with van der Waals surface area (Å²) < 4.78 is 12.6. The van der Waals surface area contributed by atoms with Gasteiger partial charge in [0.15, 0.2) is 0 Å². The van der Waals surface area contributed by atoms with Gasteiger partial charge in [-0.25, -0.2) is 0 Å². The zero-order valence-corrected chi connectivity index (χ0v) is 25.3. The molecule has 0 saturated carbocycles. The zero-order chi connectivity index (χ0) is 30.7. The van der Waals surface area contributed by atoms with E-state index in [9.17, 15) is 24.3 Å². The molecule has 1 aromatic carbocycles. The Labute approximate surface area is 253 Å². The van der Waals surface area contributed by atoms with Crippen LogP contribution in [0.2, 0.25) is 0 Å². The van der Waals surface area contributed by atoms with E-state index in [-0.39, 0.29) is 31.4 Å². The molecular weight excluding hydrogens is 550 g/mol. The van der Waals surface area contributed by atoms with Crippen molar-refractivity contribution in [3.05, 3.63) is 60.2 Å². The largest absolute Gasteiger partial charge is 0.455 e. The fourth-order valence-corrected chi connectivity index (χ4v) is 7.01. The van der Waals surface area contributed by atoms with E-state index in [0.29, 0.717) is 19.5 Å². The van der Waals surface area contributed by atoms with Crippen molar-refractivity contribution in [3.8, 4) is 0 Å². The quantitative estimate of drug-likeness (QED) is 0.294. The number of likely N-dealkylation sites (N-methyl/N-ethyl adjacent to an activating group) is 1. The number of allylic oxidation sites excluding steroid dienone is 1. The number of carbonyl (C=O) groups excluding carboxylic acids is 4. The molecule has 4 aliphatic rings. The molecule has 10 heteroatoms. The summed E-state index contributed by atoms with van der Waals surface area (Å²) in [6.07, 6.45) is 9.28. The maximum Gasteiger partial charge on any atom is 0.313 e. The zero-order valence-electron chi connectivity index (χ0n) is 25.3. The predicted molar refractivity (Wildman–Crippen MR) is 158 cm³/mol. The molecule has 43 heavy (non-hydrogen) atoms. The first-order valence-electron chi connectivity index (χ1n) is 15.5. The van der Waals surface area contributed by atoms with Gasteiger partial charge in [-0.3, -0.25) is 19.2 Å². The summed E-state index contributed by atoms with van der Waals surface area (Å²) in [6, 6.07) is 7.75. The summed E-state index contributed by atoms with van der Waals surface area (Å²) in [5.41, 5.74) is -0.607. The normalized spacial score (nSPS) is 33.7. The van der Waals surface area contributed by atoms with Gasteiger partial charge in [-0.1, -0.05) is 74.4 Å². The number of amides is 3. The van der Waals surface area contributed by atoms with Crippen molar-refractivity contribution in [3.63, 3.8) is 0 Å². The molecule has 3 amide bonds. The van der Waals surface area contributed by atoms with Crippen LogP contribution in [0.15, 0.2) is 54.6 Å². The third kappa shape index (κ3) is 5.62. The molecule has 5 rings (SSSR count). The lowest BCUT2D eigenvalue weighted by molar-refractivity contribution is -0.164. The summed E-state index contributed by atoms with van der Waals surface area (Å²) in [7, 11) is 1.71. The lowest BCUT2D eigenvalue weighted by atomic mass is 9.74. The number of β-amino-alcohol motifs (C(OH)–C–C–N with tert-alkyl or cyclic N) is 1. The highest BCUT2D eigenvalue weighted by Gasteiger charge is 2.73. The SMILES string of the molecule is CCCCCN1C/C=C\CCC(=O)N(C)[C@H](C)[C@@H](c2ccccc2)OC(=O)[C@@H]2[C@@H]3C=C[C@]4(O3)[C@H](C1=O)N(CCO)C(=O)[C@@H]24. The van der Waals surface area contributed by atoms with Gasteiger partial charge in [0.05, 0.1) is 24.7 Å². The number of fused-ring (bicyclic) bond motifs is 2. The van der Waals surface area contributed by atoms with E-state index in [1.807, 2.05) is 49.4 Å². The molecule has 0 aliphatic carbocycles. The van der Waals surface area contributed by atoms with Crippen LogP contribution in [0.1, 0.15) is 57.6 Å². The minimum absolute atomic E-state index is 0.0493. The van der Waals surface area contributed by atoms with Crippen molar-refractivity contribution in [2.75, 3.05) is 33.3 Å². The average molecular weight is 594 g/mol. The second-order valence-corrected chi connectivity index (χ2v) is 12.0. The molecule has 1 N–H and O–H groups in total. The molecule has 0 aromatic heterocycles. The molecule has 2 fully saturated rings. The van der Waals surface area contributed by atoms with Crippen molar-refractivity contribution in [2.24, 2.45) is 11.8 Å². The van der Waals surface area contributed by atoms with Crippen molar-refractivity contribution >= 4 is 23.7 Å². The molecule has 10 nitrogen and oxygen atoms in total. The Morgan fingerprint density at radius 1 is 1.02 bits per heavy atom. The molecular formula is C33H43N3O7. The Hall–Kier alpha value is -3.50. The van der Waals surface area contributed by atoms with Gasteiger partial charge >= 0.3 is 5.97 Å². The molecule has 4 aliphatic heterocycles. The Kier molecular flexibility index (Phi) is 9.36. The molecule has 7 atom stereocenters. The van der Waals surface area contributed by atoms with Crippen LogP contribution in [-0.2, 0) is 28.7 Å². The highest BCUT2D eigenvalue weighted by molar-refractivity contribution is 5.99. The van der Waals surface area contributed by atoms with E-state index in [1.54, 1.807) is 29.0 Å². The number of cyclic esters (lactones) is 1. The Morgan fingerprint density at radius 3 is 2.51 bits per heavy atom. The molecule has 1 spiro atoms. The smallest absolute Gasteiger partial charge is 0.313 e. The number of nitrogens with zero attached hydrogens (tertiary/aromatic N) is 3. The summed E-state index contributed by atoms with van der Waals surface area (Å²) in [6.45, 7) is 4.37. The number of aliphatic hydroxyl groups is 1. The number of esters is 1. The lowest BCUT2D eigenvalue weighted by Gasteiger charge is -2.35. The lowest BCUT2D eigenvalue weighted by Crippen LogP contribution is -2.56. The van der Waals surface area contributed by atoms with Gasteiger partial charge < -0.3 is 29.3 Å². The Bertz CT molecular complexity index is 1270.